The number of anilines is 1. The molecule has 0 aliphatic heterocycles. The third-order valence-corrected chi connectivity index (χ3v) is 7.56. The predicted molar refractivity (Wildman–Crippen MR) is 127 cm³/mol. The van der Waals surface area contributed by atoms with Crippen molar-refractivity contribution < 1.29 is 22.0 Å². The van der Waals surface area contributed by atoms with E-state index in [1.165, 1.54) is 43.3 Å². The average Bonchev–Trinajstić information content (AvgIpc) is 3.28. The molecule has 3 saturated carbocycles. The van der Waals surface area contributed by atoms with Crippen LogP contribution in [0.25, 0.3) is 33.5 Å². The van der Waals surface area contributed by atoms with Crippen molar-refractivity contribution in [2.24, 2.45) is 11.8 Å². The van der Waals surface area contributed by atoms with Gasteiger partial charge < -0.3 is 10.3 Å². The van der Waals surface area contributed by atoms with Gasteiger partial charge in [-0.1, -0.05) is 31.0 Å². The first-order chi connectivity index (χ1) is 17.3. The molecule has 2 bridgehead atoms. The smallest absolute Gasteiger partial charge is 0.367 e. The van der Waals surface area contributed by atoms with Gasteiger partial charge in [-0.05, 0) is 43.2 Å². The first kappa shape index (κ1) is 22.9. The Kier molecular flexibility index (Phi) is 5.46. The number of hydrogen-bond donors (Lipinski definition) is 2. The van der Waals surface area contributed by atoms with E-state index in [-0.39, 0.29) is 34.0 Å². The monoisotopic (exact) mass is 498 g/mol. The summed E-state index contributed by atoms with van der Waals surface area (Å²) >= 11 is 0. The third kappa shape index (κ3) is 4.10. The number of H-pyrrole nitrogens is 1. The summed E-state index contributed by atoms with van der Waals surface area (Å²) in [5, 5.41) is 3.68. The zero-order valence-corrected chi connectivity index (χ0v) is 19.2. The van der Waals surface area contributed by atoms with Gasteiger partial charge in [-0.2, -0.15) is 13.2 Å². The molecule has 7 rings (SSSR count). The lowest BCUT2D eigenvalue weighted by atomic mass is 9.68. The van der Waals surface area contributed by atoms with E-state index in [2.05, 4.69) is 20.3 Å². The highest BCUT2D eigenvalue weighted by Crippen LogP contribution is 2.43. The molecule has 0 radical (unpaired) electrons. The highest BCUT2D eigenvalue weighted by atomic mass is 19.4. The van der Waals surface area contributed by atoms with E-state index in [0.29, 0.717) is 23.2 Å². The molecule has 2 heterocycles. The zero-order valence-electron chi connectivity index (χ0n) is 19.2. The molecule has 3 aliphatic carbocycles. The molecule has 4 nitrogen and oxygen atoms in total. The fourth-order valence-corrected chi connectivity index (χ4v) is 5.82. The zero-order chi connectivity index (χ0) is 25.0. The van der Waals surface area contributed by atoms with Crippen LogP contribution in [0.15, 0.2) is 48.7 Å². The molecule has 4 aromatic rings. The van der Waals surface area contributed by atoms with Crippen molar-refractivity contribution in [3.05, 3.63) is 65.9 Å². The Bertz CT molecular complexity index is 1440. The Labute approximate surface area is 204 Å². The van der Waals surface area contributed by atoms with Crippen molar-refractivity contribution in [3.8, 4) is 22.6 Å². The molecule has 3 fully saturated rings. The summed E-state index contributed by atoms with van der Waals surface area (Å²) in [6, 6.07) is 8.88. The molecule has 0 saturated heterocycles. The van der Waals surface area contributed by atoms with E-state index < -0.39 is 23.4 Å². The Morgan fingerprint density at radius 1 is 0.917 bits per heavy atom. The molecule has 0 spiro atoms. The molecule has 186 valence electrons. The maximum atomic E-state index is 14.3. The van der Waals surface area contributed by atoms with Gasteiger partial charge in [0, 0.05) is 40.9 Å². The molecule has 3 aliphatic rings. The molecule has 36 heavy (non-hydrogen) atoms. The average molecular weight is 498 g/mol. The lowest BCUT2D eigenvalue weighted by Crippen LogP contribution is -2.40. The van der Waals surface area contributed by atoms with Crippen LogP contribution in [0, 0.1) is 23.5 Å². The molecule has 1 atom stereocenters. The number of nitrogens with one attached hydrogen (secondary N) is 2. The van der Waals surface area contributed by atoms with E-state index in [9.17, 15) is 22.0 Å². The second-order valence-electron chi connectivity index (χ2n) is 9.79. The van der Waals surface area contributed by atoms with E-state index in [4.69, 9.17) is 0 Å². The number of halogens is 5. The maximum Gasteiger partial charge on any atom is 0.417 e. The number of nitrogens with zero attached hydrogens (tertiary/aromatic N) is 2. The summed E-state index contributed by atoms with van der Waals surface area (Å²) in [6.07, 6.45) is 2.50. The fourth-order valence-electron chi connectivity index (χ4n) is 5.82. The minimum atomic E-state index is -4.58. The maximum absolute atomic E-state index is 14.3. The number of aromatic nitrogens is 3. The van der Waals surface area contributed by atoms with Crippen molar-refractivity contribution in [1.82, 2.24) is 15.0 Å². The number of aromatic amines is 1. The Balaban J connectivity index is 1.50. The van der Waals surface area contributed by atoms with Crippen molar-refractivity contribution >= 4 is 16.7 Å². The highest BCUT2D eigenvalue weighted by Gasteiger charge is 2.36. The lowest BCUT2D eigenvalue weighted by molar-refractivity contribution is -0.137. The highest BCUT2D eigenvalue weighted by molar-refractivity contribution is 5.94. The van der Waals surface area contributed by atoms with Gasteiger partial charge in [0.1, 0.15) is 17.5 Å². The van der Waals surface area contributed by atoms with Crippen LogP contribution in [-0.2, 0) is 6.18 Å². The Morgan fingerprint density at radius 3 is 2.42 bits per heavy atom. The minimum Gasteiger partial charge on any atom is -0.367 e. The van der Waals surface area contributed by atoms with E-state index >= 15 is 0 Å². The third-order valence-electron chi connectivity index (χ3n) is 7.56. The summed E-state index contributed by atoms with van der Waals surface area (Å²) in [5.41, 5.74) is -0.423. The molecule has 2 aromatic heterocycles. The van der Waals surface area contributed by atoms with Gasteiger partial charge in [0.05, 0.1) is 16.8 Å². The van der Waals surface area contributed by atoms with Crippen LogP contribution < -0.4 is 5.32 Å². The molecule has 2 aromatic carbocycles. The van der Waals surface area contributed by atoms with Gasteiger partial charge in [-0.25, -0.2) is 18.7 Å². The van der Waals surface area contributed by atoms with Gasteiger partial charge >= 0.3 is 6.18 Å². The molecular formula is C27H23F5N4. The normalized spacial score (nSPS) is 21.8. The molecule has 1 unspecified atom stereocenters. The fraction of sp³-hybridized carbons (Fsp3) is 0.333. The summed E-state index contributed by atoms with van der Waals surface area (Å²) in [6.45, 7) is 0. The lowest BCUT2D eigenvalue weighted by Gasteiger charge is -2.42. The van der Waals surface area contributed by atoms with Crippen LogP contribution in [0.2, 0.25) is 0 Å². The van der Waals surface area contributed by atoms with Gasteiger partial charge in [0.2, 0.25) is 0 Å². The van der Waals surface area contributed by atoms with Crippen molar-refractivity contribution in [2.75, 3.05) is 5.32 Å². The van der Waals surface area contributed by atoms with E-state index in [1.54, 1.807) is 0 Å². The first-order valence-electron chi connectivity index (χ1n) is 12.0. The summed E-state index contributed by atoms with van der Waals surface area (Å²) in [4.78, 5) is 11.8. The summed E-state index contributed by atoms with van der Waals surface area (Å²) in [5.74, 6) is 0.0664. The van der Waals surface area contributed by atoms with Crippen molar-refractivity contribution in [3.63, 3.8) is 0 Å². The molecular weight excluding hydrogens is 475 g/mol. The SMILES string of the molecule is Fc1cc(F)c2[nH]cc(-c3nc(NC4CC5CCC4CC5)cc(-c4ccccc4C(F)(F)F)n3)c2c1. The predicted octanol–water partition coefficient (Wildman–Crippen LogP) is 7.58. The van der Waals surface area contributed by atoms with Gasteiger partial charge in [-0.3, -0.25) is 0 Å². The van der Waals surface area contributed by atoms with Crippen LogP contribution in [0.3, 0.4) is 0 Å². The van der Waals surface area contributed by atoms with Gasteiger partial charge in [-0.15, -0.1) is 0 Å². The van der Waals surface area contributed by atoms with E-state index in [0.717, 1.165) is 37.5 Å². The number of benzene rings is 2. The molecule has 0 amide bonds. The summed E-state index contributed by atoms with van der Waals surface area (Å²) in [7, 11) is 0. The number of rotatable bonds is 4. The standard InChI is InChI=1S/C27H23F5N4/c28-16-10-18-19(13-33-25(18)21(29)11-16)26-35-23(17-3-1-2-4-20(17)27(30,31)32)12-24(36-26)34-22-9-14-5-7-15(22)8-6-14/h1-4,10-15,22,33H,5-9H2,(H,34,35,36). The van der Waals surface area contributed by atoms with Crippen LogP contribution in [-0.4, -0.2) is 21.0 Å². The minimum absolute atomic E-state index is 0.0789. The Hall–Kier alpha value is -3.49. The quantitative estimate of drug-likeness (QED) is 0.285. The van der Waals surface area contributed by atoms with Gasteiger partial charge in [0.25, 0.3) is 0 Å². The largest absolute Gasteiger partial charge is 0.417 e. The van der Waals surface area contributed by atoms with Crippen LogP contribution >= 0.6 is 0 Å². The van der Waals surface area contributed by atoms with Crippen LogP contribution in [0.4, 0.5) is 27.8 Å². The Morgan fingerprint density at radius 2 is 1.69 bits per heavy atom. The van der Waals surface area contributed by atoms with Crippen LogP contribution in [0.5, 0.6) is 0 Å². The number of fused-ring (bicyclic) bond motifs is 4. The van der Waals surface area contributed by atoms with Crippen molar-refractivity contribution in [2.45, 2.75) is 44.3 Å². The number of alkyl halides is 3. The summed E-state index contributed by atoms with van der Waals surface area (Å²) < 4.78 is 69.9. The second kappa shape index (κ2) is 8.57. The van der Waals surface area contributed by atoms with Gasteiger partial charge in [0.15, 0.2) is 5.82 Å². The molecule has 2 N–H and O–H groups in total. The second-order valence-corrected chi connectivity index (χ2v) is 9.79. The van der Waals surface area contributed by atoms with Crippen molar-refractivity contribution in [1.29, 1.82) is 0 Å². The van der Waals surface area contributed by atoms with Crippen LogP contribution in [0.1, 0.15) is 37.7 Å². The topological polar surface area (TPSA) is 53.6 Å². The first-order valence-corrected chi connectivity index (χ1v) is 12.0. The number of hydrogen-bond acceptors (Lipinski definition) is 3. The van der Waals surface area contributed by atoms with E-state index in [1.807, 2.05) is 0 Å². The molecule has 9 heteroatoms.